The number of aromatic nitrogens is 3. The molecule has 0 bridgehead atoms. The Morgan fingerprint density at radius 2 is 1.26 bits per heavy atom. The molecular weight excluding hydrogens is 713 g/mol. The molecule has 7 heteroatoms. The van der Waals surface area contributed by atoms with Gasteiger partial charge in [-0.05, 0) is 92.1 Å². The summed E-state index contributed by atoms with van der Waals surface area (Å²) in [6, 6.07) is 51.4. The van der Waals surface area contributed by atoms with Crippen molar-refractivity contribution in [3.8, 4) is 28.7 Å². The summed E-state index contributed by atoms with van der Waals surface area (Å²) < 4.78 is 9.00. The van der Waals surface area contributed by atoms with Crippen LogP contribution in [-0.4, -0.2) is 21.2 Å². The molecule has 2 aliphatic heterocycles. The maximum Gasteiger partial charge on any atom is 0.145 e. The minimum atomic E-state index is -0.356. The number of anilines is 7. The summed E-state index contributed by atoms with van der Waals surface area (Å²) in [6.45, 7) is 12.0. The van der Waals surface area contributed by atoms with Gasteiger partial charge in [0.05, 0.1) is 28.4 Å². The molecule has 58 heavy (non-hydrogen) atoms. The second kappa shape index (κ2) is 13.8. The average Bonchev–Trinajstić information content (AvgIpc) is 3.88. The molecule has 6 aromatic carbocycles. The number of ether oxygens (including phenoxy) is 1. The van der Waals surface area contributed by atoms with Gasteiger partial charge in [-0.2, -0.15) is 0 Å². The first kappa shape index (κ1) is 35.3. The second-order valence-corrected chi connectivity index (χ2v) is 15.8. The van der Waals surface area contributed by atoms with E-state index in [0.29, 0.717) is 6.67 Å². The number of hydrogen-bond donors (Lipinski definition) is 0. The Bertz CT molecular complexity index is 2800. The number of imidazole rings is 1. The molecule has 0 saturated carbocycles. The van der Waals surface area contributed by atoms with Crippen molar-refractivity contribution in [2.24, 2.45) is 0 Å². The van der Waals surface area contributed by atoms with Crippen LogP contribution in [0.25, 0.3) is 17.2 Å². The minimum absolute atomic E-state index is 0.356. The van der Waals surface area contributed by atoms with Crippen LogP contribution in [0.15, 0.2) is 164 Å². The van der Waals surface area contributed by atoms with Crippen LogP contribution in [0.3, 0.4) is 0 Å². The molecule has 0 atom stereocenters. The normalized spacial score (nSPS) is 13.9. The Labute approximate surface area is 340 Å². The van der Waals surface area contributed by atoms with Crippen molar-refractivity contribution in [2.45, 2.75) is 40.0 Å². The standard InChI is InChI=1S/C51H44N6O/c1-34-28-35(2)49(36(3)29-34)56-33-55(43-22-11-12-23-44(43)56)45-31-40(58-39-19-15-16-37(30-39)50-53-26-27-54(50)47-24-13-14-25-52-47)32-46-48(45)51(4,5)41-20-9-10-21-42(41)57(46)38-17-7-6-8-18-38/h6-32H,33H2,1-5H3. The monoisotopic (exact) mass is 756 g/mol. The average molecular weight is 757 g/mol. The minimum Gasteiger partial charge on any atom is -0.457 e. The SMILES string of the molecule is Cc1cc(C)c(N2CN(c3cc(Oc4cccc(-c5nccn5-c5ccccn5)c4)cc4c3C(C)(C)c3ccccc3N4c3ccccc3)c3ccccc32)c(C)c1. The number of rotatable bonds is 7. The number of pyridine rings is 1. The lowest BCUT2D eigenvalue weighted by Gasteiger charge is -2.44. The van der Waals surface area contributed by atoms with E-state index >= 15 is 0 Å². The van der Waals surface area contributed by atoms with Gasteiger partial charge in [0, 0.05) is 58.6 Å². The number of para-hydroxylation sites is 4. The smallest absolute Gasteiger partial charge is 0.145 e. The Kier molecular flexibility index (Phi) is 8.41. The molecule has 2 aliphatic rings. The number of benzene rings is 6. The molecule has 0 N–H and O–H groups in total. The highest BCUT2D eigenvalue weighted by Crippen LogP contribution is 2.58. The van der Waals surface area contributed by atoms with Gasteiger partial charge in [-0.15, -0.1) is 0 Å². The number of aryl methyl sites for hydroxylation is 3. The summed E-state index contributed by atoms with van der Waals surface area (Å²) in [5, 5.41) is 0. The first-order valence-corrected chi connectivity index (χ1v) is 19.8. The Hall–Kier alpha value is -7.12. The molecule has 7 nitrogen and oxygen atoms in total. The highest BCUT2D eigenvalue weighted by Gasteiger charge is 2.42. The predicted octanol–water partition coefficient (Wildman–Crippen LogP) is 13.0. The fraction of sp³-hybridized carbons (Fsp3) is 0.137. The van der Waals surface area contributed by atoms with Crippen molar-refractivity contribution in [3.63, 3.8) is 0 Å². The molecule has 10 rings (SSSR count). The van der Waals surface area contributed by atoms with Gasteiger partial charge >= 0.3 is 0 Å². The molecule has 0 fully saturated rings. The third kappa shape index (κ3) is 5.81. The van der Waals surface area contributed by atoms with Gasteiger partial charge in [0.1, 0.15) is 29.8 Å². The van der Waals surface area contributed by atoms with E-state index in [4.69, 9.17) is 9.72 Å². The maximum atomic E-state index is 7.00. The zero-order chi connectivity index (χ0) is 39.5. The summed E-state index contributed by atoms with van der Waals surface area (Å²) in [5.41, 5.74) is 14.9. The highest BCUT2D eigenvalue weighted by atomic mass is 16.5. The summed E-state index contributed by atoms with van der Waals surface area (Å²) in [7, 11) is 0. The van der Waals surface area contributed by atoms with Gasteiger partial charge < -0.3 is 19.4 Å². The Morgan fingerprint density at radius 1 is 0.569 bits per heavy atom. The highest BCUT2D eigenvalue weighted by molar-refractivity contribution is 5.95. The molecule has 2 aromatic heterocycles. The van der Waals surface area contributed by atoms with Gasteiger partial charge in [-0.1, -0.05) is 98.3 Å². The van der Waals surface area contributed by atoms with Gasteiger partial charge in [0.15, 0.2) is 0 Å². The third-order valence-corrected chi connectivity index (χ3v) is 11.6. The van der Waals surface area contributed by atoms with Crippen LogP contribution in [0, 0.1) is 20.8 Å². The van der Waals surface area contributed by atoms with Crippen LogP contribution in [0.1, 0.15) is 41.7 Å². The van der Waals surface area contributed by atoms with Gasteiger partial charge in [0.25, 0.3) is 0 Å². The molecule has 0 radical (unpaired) electrons. The first-order chi connectivity index (χ1) is 28.3. The second-order valence-electron chi connectivity index (χ2n) is 15.8. The topological polar surface area (TPSA) is 49.7 Å². The molecule has 4 heterocycles. The van der Waals surface area contributed by atoms with E-state index in [1.165, 1.54) is 39.2 Å². The van der Waals surface area contributed by atoms with E-state index in [0.717, 1.165) is 57.1 Å². The largest absolute Gasteiger partial charge is 0.457 e. The lowest BCUT2D eigenvalue weighted by molar-refractivity contribution is 0.482. The van der Waals surface area contributed by atoms with E-state index in [-0.39, 0.29) is 5.41 Å². The van der Waals surface area contributed by atoms with Gasteiger partial charge in [-0.25, -0.2) is 9.97 Å². The molecule has 8 aromatic rings. The summed E-state index contributed by atoms with van der Waals surface area (Å²) in [4.78, 5) is 16.7. The summed E-state index contributed by atoms with van der Waals surface area (Å²) in [5.74, 6) is 3.06. The lowest BCUT2D eigenvalue weighted by atomic mass is 9.72. The van der Waals surface area contributed by atoms with Crippen LogP contribution < -0.4 is 19.4 Å². The van der Waals surface area contributed by atoms with Crippen molar-refractivity contribution in [2.75, 3.05) is 21.4 Å². The summed E-state index contributed by atoms with van der Waals surface area (Å²) in [6.07, 6.45) is 5.54. The molecule has 0 saturated heterocycles. The Balaban J connectivity index is 1.17. The predicted molar refractivity (Wildman–Crippen MR) is 236 cm³/mol. The molecule has 284 valence electrons. The zero-order valence-electron chi connectivity index (χ0n) is 33.4. The van der Waals surface area contributed by atoms with Crippen molar-refractivity contribution < 1.29 is 4.74 Å². The van der Waals surface area contributed by atoms with Crippen molar-refractivity contribution in [1.29, 1.82) is 0 Å². The van der Waals surface area contributed by atoms with E-state index in [1.54, 1.807) is 6.20 Å². The van der Waals surface area contributed by atoms with Gasteiger partial charge in [-0.3, -0.25) is 4.57 Å². The quantitative estimate of drug-likeness (QED) is 0.161. The number of hydrogen-bond acceptors (Lipinski definition) is 6. The van der Waals surface area contributed by atoms with Crippen LogP contribution in [-0.2, 0) is 5.41 Å². The molecular formula is C51H44N6O. The van der Waals surface area contributed by atoms with Crippen molar-refractivity contribution in [1.82, 2.24) is 14.5 Å². The van der Waals surface area contributed by atoms with Crippen LogP contribution in [0.5, 0.6) is 11.5 Å². The Morgan fingerprint density at radius 3 is 2.02 bits per heavy atom. The first-order valence-electron chi connectivity index (χ1n) is 19.8. The molecule has 0 amide bonds. The van der Waals surface area contributed by atoms with Crippen molar-refractivity contribution in [3.05, 3.63) is 192 Å². The van der Waals surface area contributed by atoms with E-state index in [1.807, 2.05) is 47.3 Å². The maximum absolute atomic E-state index is 7.00. The summed E-state index contributed by atoms with van der Waals surface area (Å²) >= 11 is 0. The molecule has 0 unspecified atom stereocenters. The van der Waals surface area contributed by atoms with Crippen LogP contribution >= 0.6 is 0 Å². The van der Waals surface area contributed by atoms with Crippen LogP contribution in [0.4, 0.5) is 39.8 Å². The number of nitrogens with zero attached hydrogens (tertiary/aromatic N) is 6. The third-order valence-electron chi connectivity index (χ3n) is 11.6. The van der Waals surface area contributed by atoms with E-state index < -0.39 is 0 Å². The lowest BCUT2D eigenvalue weighted by Crippen LogP contribution is -2.34. The number of fused-ring (bicyclic) bond motifs is 3. The van der Waals surface area contributed by atoms with Crippen LogP contribution in [0.2, 0.25) is 0 Å². The van der Waals surface area contributed by atoms with Gasteiger partial charge in [0.2, 0.25) is 0 Å². The molecule has 0 spiro atoms. The fourth-order valence-electron chi connectivity index (χ4n) is 9.23. The zero-order valence-corrected chi connectivity index (χ0v) is 33.4. The van der Waals surface area contributed by atoms with Crippen molar-refractivity contribution >= 4 is 39.8 Å². The van der Waals surface area contributed by atoms with E-state index in [9.17, 15) is 0 Å². The fourth-order valence-corrected chi connectivity index (χ4v) is 9.23. The molecule has 0 aliphatic carbocycles. The van der Waals surface area contributed by atoms with E-state index in [2.05, 4.69) is 170 Å².